The number of halogens is 1. The average molecular weight is 429 g/mol. The number of hydrogen-bond acceptors (Lipinski definition) is 6. The van der Waals surface area contributed by atoms with Crippen molar-refractivity contribution in [3.05, 3.63) is 77.3 Å². The highest BCUT2D eigenvalue weighted by atomic mass is 35.5. The summed E-state index contributed by atoms with van der Waals surface area (Å²) in [5.74, 6) is -1.31. The maximum atomic E-state index is 13.2. The number of carbonyl (C=O) groups is 1. The Balaban J connectivity index is 1.96. The maximum Gasteiger partial charge on any atom is 0.226 e. The lowest BCUT2D eigenvalue weighted by molar-refractivity contribution is 0.103. The molecule has 0 spiro atoms. The first-order chi connectivity index (χ1) is 13.9. The Labute approximate surface area is 169 Å². The van der Waals surface area contributed by atoms with Crippen molar-refractivity contribution >= 4 is 43.9 Å². The second-order valence-electron chi connectivity index (χ2n) is 6.06. The van der Waals surface area contributed by atoms with Crippen molar-refractivity contribution in [3.8, 4) is 0 Å². The number of carbonyl (C=O) groups excluding carboxylic acids is 1. The van der Waals surface area contributed by atoms with Gasteiger partial charge in [-0.1, -0.05) is 29.8 Å². The van der Waals surface area contributed by atoms with Crippen LogP contribution < -0.4 is 0 Å². The summed E-state index contributed by atoms with van der Waals surface area (Å²) in [5.41, 5.74) is 0.380. The largest absolute Gasteiger partial charge is 0.507 e. The van der Waals surface area contributed by atoms with Gasteiger partial charge >= 0.3 is 0 Å². The first-order valence-corrected chi connectivity index (χ1v) is 10.2. The summed E-state index contributed by atoms with van der Waals surface area (Å²) in [7, 11) is -4.03. The van der Waals surface area contributed by atoms with Gasteiger partial charge in [0.05, 0.1) is 10.5 Å². The van der Waals surface area contributed by atoms with Gasteiger partial charge in [-0.2, -0.15) is 5.10 Å². The number of nitrogens with zero attached hydrogens (tertiary/aromatic N) is 2. The third-order valence-electron chi connectivity index (χ3n) is 4.22. The first kappa shape index (κ1) is 18.9. The molecule has 0 atom stereocenters. The SMILES string of the molecule is O=C(C=C(O)c1c(S(=O)(=O)c2ccccc2)[nH]c2ccc(Cl)cc12)c1ncn[nH]1. The van der Waals surface area contributed by atoms with Crippen LogP contribution in [0.2, 0.25) is 5.02 Å². The van der Waals surface area contributed by atoms with Crippen molar-refractivity contribution in [1.82, 2.24) is 20.2 Å². The Morgan fingerprint density at radius 1 is 1.14 bits per heavy atom. The van der Waals surface area contributed by atoms with Crippen LogP contribution in [-0.4, -0.2) is 39.5 Å². The molecule has 0 fully saturated rings. The van der Waals surface area contributed by atoms with E-state index < -0.39 is 21.4 Å². The van der Waals surface area contributed by atoms with Crippen LogP contribution in [0.1, 0.15) is 16.2 Å². The lowest BCUT2D eigenvalue weighted by Crippen LogP contribution is -2.06. The van der Waals surface area contributed by atoms with E-state index in [1.54, 1.807) is 30.3 Å². The van der Waals surface area contributed by atoms with Gasteiger partial charge in [0.2, 0.25) is 15.6 Å². The van der Waals surface area contributed by atoms with E-state index in [-0.39, 0.29) is 21.3 Å². The molecule has 2 aromatic carbocycles. The molecule has 0 amide bonds. The number of rotatable bonds is 5. The third-order valence-corrected chi connectivity index (χ3v) is 6.19. The highest BCUT2D eigenvalue weighted by Gasteiger charge is 2.28. The van der Waals surface area contributed by atoms with E-state index in [1.165, 1.54) is 18.2 Å². The van der Waals surface area contributed by atoms with Crippen LogP contribution in [0.3, 0.4) is 0 Å². The lowest BCUT2D eigenvalue weighted by Gasteiger charge is -2.06. The second kappa shape index (κ2) is 7.19. The average Bonchev–Trinajstić information content (AvgIpc) is 3.36. The molecule has 146 valence electrons. The van der Waals surface area contributed by atoms with Crippen LogP contribution in [-0.2, 0) is 9.84 Å². The van der Waals surface area contributed by atoms with E-state index in [0.717, 1.165) is 12.4 Å². The molecule has 2 aromatic heterocycles. The number of aromatic nitrogens is 4. The van der Waals surface area contributed by atoms with Crippen molar-refractivity contribution in [2.75, 3.05) is 0 Å². The summed E-state index contributed by atoms with van der Waals surface area (Å²) in [5, 5.41) is 17.1. The molecule has 2 heterocycles. The van der Waals surface area contributed by atoms with Gasteiger partial charge in [-0.15, -0.1) is 0 Å². The van der Waals surface area contributed by atoms with E-state index in [1.807, 2.05) is 0 Å². The molecule has 8 nitrogen and oxygen atoms in total. The Kier molecular flexibility index (Phi) is 4.69. The monoisotopic (exact) mass is 428 g/mol. The summed E-state index contributed by atoms with van der Waals surface area (Å²) in [4.78, 5) is 18.9. The maximum absolute atomic E-state index is 13.2. The Morgan fingerprint density at radius 2 is 1.90 bits per heavy atom. The molecular weight excluding hydrogens is 416 g/mol. The minimum absolute atomic E-state index is 0.0354. The lowest BCUT2D eigenvalue weighted by atomic mass is 10.1. The van der Waals surface area contributed by atoms with Crippen LogP contribution >= 0.6 is 11.6 Å². The Morgan fingerprint density at radius 3 is 2.59 bits per heavy atom. The summed E-state index contributed by atoms with van der Waals surface area (Å²) in [6.45, 7) is 0. The number of benzene rings is 2. The molecule has 0 unspecified atom stereocenters. The van der Waals surface area contributed by atoms with Gasteiger partial charge in [-0.05, 0) is 30.3 Å². The van der Waals surface area contributed by atoms with Crippen molar-refractivity contribution in [2.45, 2.75) is 9.92 Å². The van der Waals surface area contributed by atoms with Crippen molar-refractivity contribution < 1.29 is 18.3 Å². The topological polar surface area (TPSA) is 129 Å². The summed E-state index contributed by atoms with van der Waals surface area (Å²) in [6, 6.07) is 12.5. The highest BCUT2D eigenvalue weighted by molar-refractivity contribution is 7.91. The van der Waals surface area contributed by atoms with Gasteiger partial charge in [0.15, 0.2) is 5.82 Å². The molecule has 3 N–H and O–H groups in total. The molecule has 0 aliphatic rings. The minimum Gasteiger partial charge on any atom is -0.507 e. The van der Waals surface area contributed by atoms with Gasteiger partial charge in [0, 0.05) is 22.0 Å². The molecule has 0 bridgehead atoms. The molecule has 0 aliphatic carbocycles. The number of allylic oxidation sites excluding steroid dienone is 1. The Bertz CT molecular complexity index is 1340. The second-order valence-corrected chi connectivity index (χ2v) is 8.39. The van der Waals surface area contributed by atoms with Gasteiger partial charge in [-0.25, -0.2) is 13.4 Å². The molecule has 0 radical (unpaired) electrons. The third kappa shape index (κ3) is 3.41. The molecule has 10 heteroatoms. The fourth-order valence-corrected chi connectivity index (χ4v) is 4.55. The summed E-state index contributed by atoms with van der Waals surface area (Å²) >= 11 is 6.07. The minimum atomic E-state index is -4.03. The Hall–Kier alpha value is -3.43. The zero-order valence-corrected chi connectivity index (χ0v) is 16.2. The summed E-state index contributed by atoms with van der Waals surface area (Å²) < 4.78 is 26.4. The van der Waals surface area contributed by atoms with Crippen LogP contribution in [0.25, 0.3) is 16.7 Å². The molecule has 0 aliphatic heterocycles. The number of aliphatic hydroxyl groups is 1. The number of ketones is 1. The first-order valence-electron chi connectivity index (χ1n) is 8.30. The fraction of sp³-hybridized carbons (Fsp3) is 0. The summed E-state index contributed by atoms with van der Waals surface area (Å²) in [6.07, 6.45) is 2.03. The van der Waals surface area contributed by atoms with Gasteiger partial charge in [0.25, 0.3) is 0 Å². The molecule has 4 aromatic rings. The number of aromatic amines is 2. The van der Waals surface area contributed by atoms with E-state index in [0.29, 0.717) is 15.9 Å². The number of H-pyrrole nitrogens is 2. The standard InChI is InChI=1S/C19H13ClN4O4S/c20-11-6-7-14-13(8-11)17(15(25)9-16(26)18-21-10-22-24-18)19(23-14)29(27,28)12-4-2-1-3-5-12/h1-10,23,25H,(H,21,22,24). The molecular formula is C19H13ClN4O4S. The van der Waals surface area contributed by atoms with E-state index in [9.17, 15) is 18.3 Å². The number of fused-ring (bicyclic) bond motifs is 1. The smallest absolute Gasteiger partial charge is 0.226 e. The van der Waals surface area contributed by atoms with Crippen LogP contribution in [0.5, 0.6) is 0 Å². The quantitative estimate of drug-likeness (QED) is 0.253. The van der Waals surface area contributed by atoms with Gasteiger partial charge < -0.3 is 10.1 Å². The van der Waals surface area contributed by atoms with Crippen LogP contribution in [0, 0.1) is 0 Å². The zero-order valence-electron chi connectivity index (χ0n) is 14.6. The normalized spacial score (nSPS) is 12.4. The van der Waals surface area contributed by atoms with Gasteiger partial charge in [-0.3, -0.25) is 9.89 Å². The molecule has 0 saturated heterocycles. The predicted octanol–water partition coefficient (Wildman–Crippen LogP) is 3.55. The number of hydrogen-bond donors (Lipinski definition) is 3. The van der Waals surface area contributed by atoms with Crippen molar-refractivity contribution in [1.29, 1.82) is 0 Å². The predicted molar refractivity (Wildman–Crippen MR) is 107 cm³/mol. The fourth-order valence-electron chi connectivity index (χ4n) is 2.90. The number of sulfone groups is 1. The molecule has 4 rings (SSSR count). The van der Waals surface area contributed by atoms with Crippen LogP contribution in [0.4, 0.5) is 0 Å². The highest BCUT2D eigenvalue weighted by Crippen LogP contribution is 2.35. The molecule has 29 heavy (non-hydrogen) atoms. The van der Waals surface area contributed by atoms with Gasteiger partial charge in [0.1, 0.15) is 17.1 Å². The number of nitrogens with one attached hydrogen (secondary N) is 2. The van der Waals surface area contributed by atoms with Crippen molar-refractivity contribution in [3.63, 3.8) is 0 Å². The number of aliphatic hydroxyl groups excluding tert-OH is 1. The molecule has 0 saturated carbocycles. The zero-order chi connectivity index (χ0) is 20.6. The van der Waals surface area contributed by atoms with E-state index in [4.69, 9.17) is 11.6 Å². The van der Waals surface area contributed by atoms with Crippen molar-refractivity contribution in [2.24, 2.45) is 0 Å². The van der Waals surface area contributed by atoms with Crippen LogP contribution in [0.15, 0.2) is 70.9 Å². The van der Waals surface area contributed by atoms with E-state index in [2.05, 4.69) is 20.2 Å². The van der Waals surface area contributed by atoms with E-state index >= 15 is 0 Å².